The topological polar surface area (TPSA) is 59.0 Å². The zero-order valence-electron chi connectivity index (χ0n) is 9.56. The minimum absolute atomic E-state index is 0.122. The Morgan fingerprint density at radius 2 is 2.06 bits per heavy atom. The van der Waals surface area contributed by atoms with E-state index in [1.165, 1.54) is 12.1 Å². The molecule has 18 heavy (non-hydrogen) atoms. The summed E-state index contributed by atoms with van der Waals surface area (Å²) in [5.41, 5.74) is 7.39. The molecule has 0 saturated carbocycles. The third-order valence-electron chi connectivity index (χ3n) is 2.41. The van der Waals surface area contributed by atoms with Crippen molar-refractivity contribution < 1.29 is 9.13 Å². The monoisotopic (exact) mass is 242 g/mol. The lowest BCUT2D eigenvalue weighted by Gasteiger charge is -2.07. The normalized spacial score (nSPS) is 9.78. The molecule has 90 valence electrons. The van der Waals surface area contributed by atoms with Crippen molar-refractivity contribution in [3.05, 3.63) is 59.4 Å². The van der Waals surface area contributed by atoms with Crippen LogP contribution >= 0.6 is 0 Å². The molecular weight excluding hydrogens is 231 g/mol. The molecule has 0 unspecified atom stereocenters. The molecular formula is C14H11FN2O. The average molecular weight is 242 g/mol. The van der Waals surface area contributed by atoms with Crippen LogP contribution in [0.2, 0.25) is 0 Å². The van der Waals surface area contributed by atoms with Gasteiger partial charge in [0.15, 0.2) is 11.6 Å². The Kier molecular flexibility index (Phi) is 3.44. The van der Waals surface area contributed by atoms with Crippen LogP contribution in [0.4, 0.5) is 10.1 Å². The van der Waals surface area contributed by atoms with Gasteiger partial charge in [-0.15, -0.1) is 0 Å². The quantitative estimate of drug-likeness (QED) is 0.842. The lowest BCUT2D eigenvalue weighted by atomic mass is 10.2. The van der Waals surface area contributed by atoms with Gasteiger partial charge < -0.3 is 10.5 Å². The molecule has 0 radical (unpaired) electrons. The summed E-state index contributed by atoms with van der Waals surface area (Å²) in [6, 6.07) is 13.2. The molecule has 0 fully saturated rings. The second kappa shape index (κ2) is 5.19. The van der Waals surface area contributed by atoms with Gasteiger partial charge in [-0.3, -0.25) is 0 Å². The molecule has 0 aromatic heterocycles. The van der Waals surface area contributed by atoms with Crippen molar-refractivity contribution >= 4 is 5.69 Å². The van der Waals surface area contributed by atoms with Gasteiger partial charge in [-0.2, -0.15) is 5.26 Å². The Labute approximate surface area is 104 Å². The lowest BCUT2D eigenvalue weighted by molar-refractivity contribution is 0.290. The second-order valence-electron chi connectivity index (χ2n) is 3.79. The molecule has 0 aliphatic heterocycles. The molecule has 2 rings (SSSR count). The second-order valence-corrected chi connectivity index (χ2v) is 3.79. The number of rotatable bonds is 3. The Hall–Kier alpha value is -2.54. The maximum absolute atomic E-state index is 13.5. The highest BCUT2D eigenvalue weighted by molar-refractivity contribution is 5.41. The van der Waals surface area contributed by atoms with E-state index in [9.17, 15) is 4.39 Å². The number of hydrogen-bond donors (Lipinski definition) is 1. The summed E-state index contributed by atoms with van der Waals surface area (Å²) < 4.78 is 18.9. The highest BCUT2D eigenvalue weighted by atomic mass is 19.1. The first-order valence-electron chi connectivity index (χ1n) is 5.36. The van der Waals surface area contributed by atoms with Gasteiger partial charge in [-0.1, -0.05) is 12.1 Å². The van der Waals surface area contributed by atoms with E-state index < -0.39 is 5.82 Å². The van der Waals surface area contributed by atoms with Crippen LogP contribution in [0.1, 0.15) is 11.1 Å². The van der Waals surface area contributed by atoms with Gasteiger partial charge in [0.2, 0.25) is 0 Å². The van der Waals surface area contributed by atoms with Crippen molar-refractivity contribution in [1.29, 1.82) is 5.26 Å². The lowest BCUT2D eigenvalue weighted by Crippen LogP contribution is -1.98. The van der Waals surface area contributed by atoms with Crippen LogP contribution in [0.5, 0.6) is 5.75 Å². The van der Waals surface area contributed by atoms with Crippen molar-refractivity contribution in [1.82, 2.24) is 0 Å². The number of nitrogen functional groups attached to an aromatic ring is 1. The van der Waals surface area contributed by atoms with E-state index in [0.29, 0.717) is 5.69 Å². The molecule has 2 aromatic carbocycles. The largest absolute Gasteiger partial charge is 0.486 e. The smallest absolute Gasteiger partial charge is 0.166 e. The fourth-order valence-electron chi connectivity index (χ4n) is 1.53. The number of ether oxygens (including phenoxy) is 1. The number of nitrogens with two attached hydrogens (primary N) is 1. The Morgan fingerprint density at radius 3 is 2.72 bits per heavy atom. The summed E-state index contributed by atoms with van der Waals surface area (Å²) in [5.74, 6) is -0.422. The minimum atomic E-state index is -0.544. The molecule has 2 N–H and O–H groups in total. The van der Waals surface area contributed by atoms with Crippen molar-refractivity contribution in [2.75, 3.05) is 5.73 Å². The van der Waals surface area contributed by atoms with Crippen LogP contribution in [0.25, 0.3) is 0 Å². The highest BCUT2D eigenvalue weighted by Gasteiger charge is 2.05. The van der Waals surface area contributed by atoms with Crippen molar-refractivity contribution in [3.8, 4) is 11.8 Å². The van der Waals surface area contributed by atoms with Crippen molar-refractivity contribution in [2.24, 2.45) is 0 Å². The van der Waals surface area contributed by atoms with E-state index in [0.717, 1.165) is 11.6 Å². The number of anilines is 1. The van der Waals surface area contributed by atoms with Crippen LogP contribution in [-0.4, -0.2) is 0 Å². The number of hydrogen-bond acceptors (Lipinski definition) is 3. The number of halogens is 1. The molecule has 2 aromatic rings. The number of benzene rings is 2. The maximum atomic E-state index is 13.5. The van der Waals surface area contributed by atoms with Gasteiger partial charge >= 0.3 is 0 Å². The maximum Gasteiger partial charge on any atom is 0.166 e. The van der Waals surface area contributed by atoms with E-state index in [1.807, 2.05) is 18.2 Å². The fraction of sp³-hybridized carbons (Fsp3) is 0.0714. The third kappa shape index (κ3) is 2.77. The molecule has 4 heteroatoms. The van der Waals surface area contributed by atoms with Crippen molar-refractivity contribution in [3.63, 3.8) is 0 Å². The summed E-state index contributed by atoms with van der Waals surface area (Å²) in [6.07, 6.45) is 0. The van der Waals surface area contributed by atoms with E-state index in [-0.39, 0.29) is 17.9 Å². The standard InChI is InChI=1S/C14H11FN2O/c15-13-7-10(8-16)4-5-14(13)18-9-11-2-1-3-12(17)6-11/h1-7H,9,17H2. The van der Waals surface area contributed by atoms with Crippen LogP contribution in [0.15, 0.2) is 42.5 Å². The van der Waals surface area contributed by atoms with Crippen LogP contribution in [-0.2, 0) is 6.61 Å². The van der Waals surface area contributed by atoms with Crippen LogP contribution < -0.4 is 10.5 Å². The minimum Gasteiger partial charge on any atom is -0.486 e. The molecule has 0 saturated heterocycles. The fourth-order valence-corrected chi connectivity index (χ4v) is 1.53. The zero-order valence-corrected chi connectivity index (χ0v) is 9.56. The highest BCUT2D eigenvalue weighted by Crippen LogP contribution is 2.19. The van der Waals surface area contributed by atoms with Crippen LogP contribution in [0.3, 0.4) is 0 Å². The Morgan fingerprint density at radius 1 is 1.22 bits per heavy atom. The van der Waals surface area contributed by atoms with E-state index >= 15 is 0 Å². The van der Waals surface area contributed by atoms with Gasteiger partial charge in [0.05, 0.1) is 11.6 Å². The molecule has 3 nitrogen and oxygen atoms in total. The first-order valence-corrected chi connectivity index (χ1v) is 5.36. The number of nitrogens with zero attached hydrogens (tertiary/aromatic N) is 1. The zero-order chi connectivity index (χ0) is 13.0. The van der Waals surface area contributed by atoms with Gasteiger partial charge in [-0.05, 0) is 35.9 Å². The first-order chi connectivity index (χ1) is 8.69. The van der Waals surface area contributed by atoms with E-state index in [1.54, 1.807) is 12.1 Å². The van der Waals surface area contributed by atoms with Gasteiger partial charge in [0, 0.05) is 5.69 Å². The van der Waals surface area contributed by atoms with Gasteiger partial charge in [0.1, 0.15) is 6.61 Å². The van der Waals surface area contributed by atoms with E-state index in [4.69, 9.17) is 15.7 Å². The molecule has 0 spiro atoms. The molecule has 0 aliphatic carbocycles. The molecule has 0 aliphatic rings. The summed E-state index contributed by atoms with van der Waals surface area (Å²) in [7, 11) is 0. The van der Waals surface area contributed by atoms with E-state index in [2.05, 4.69) is 0 Å². The summed E-state index contributed by atoms with van der Waals surface area (Å²) in [5, 5.41) is 8.62. The van der Waals surface area contributed by atoms with Crippen LogP contribution in [0, 0.1) is 17.1 Å². The average Bonchev–Trinajstić information content (AvgIpc) is 2.37. The Bertz CT molecular complexity index is 605. The predicted molar refractivity (Wildman–Crippen MR) is 66.3 cm³/mol. The summed E-state index contributed by atoms with van der Waals surface area (Å²) in [4.78, 5) is 0. The van der Waals surface area contributed by atoms with Gasteiger partial charge in [0.25, 0.3) is 0 Å². The molecule has 0 heterocycles. The molecule has 0 bridgehead atoms. The van der Waals surface area contributed by atoms with Crippen molar-refractivity contribution in [2.45, 2.75) is 6.61 Å². The summed E-state index contributed by atoms with van der Waals surface area (Å²) in [6.45, 7) is 0.230. The SMILES string of the molecule is N#Cc1ccc(OCc2cccc(N)c2)c(F)c1. The molecule has 0 atom stereocenters. The summed E-state index contributed by atoms with van der Waals surface area (Å²) >= 11 is 0. The first kappa shape index (κ1) is 11.9. The molecule has 0 amide bonds. The Balaban J connectivity index is 2.09. The third-order valence-corrected chi connectivity index (χ3v) is 2.41. The predicted octanol–water partition coefficient (Wildman–Crippen LogP) is 2.86. The van der Waals surface area contributed by atoms with Gasteiger partial charge in [-0.25, -0.2) is 4.39 Å². The number of nitriles is 1.